The first kappa shape index (κ1) is 19.2. The van der Waals surface area contributed by atoms with Gasteiger partial charge in [0.15, 0.2) is 0 Å². The minimum absolute atomic E-state index is 0.246. The first-order chi connectivity index (χ1) is 14.5. The maximum Gasteiger partial charge on any atom is 0.277 e. The van der Waals surface area contributed by atoms with E-state index in [1.807, 2.05) is 36.4 Å². The summed E-state index contributed by atoms with van der Waals surface area (Å²) in [6.07, 6.45) is 3.86. The van der Waals surface area contributed by atoms with Crippen LogP contribution in [0.5, 0.6) is 0 Å². The summed E-state index contributed by atoms with van der Waals surface area (Å²) >= 11 is 0. The van der Waals surface area contributed by atoms with Gasteiger partial charge in [0.25, 0.3) is 15.9 Å². The average Bonchev–Trinajstić information content (AvgIpc) is 3.30. The average molecular weight is 424 g/mol. The lowest BCUT2D eigenvalue weighted by Gasteiger charge is -2.38. The summed E-state index contributed by atoms with van der Waals surface area (Å²) < 4.78 is 27.8. The number of rotatable bonds is 2. The molecule has 156 valence electrons. The normalized spacial score (nSPS) is 20.2. The molecule has 7 heteroatoms. The van der Waals surface area contributed by atoms with Gasteiger partial charge in [-0.15, -0.1) is 0 Å². The molecule has 0 aliphatic carbocycles. The van der Waals surface area contributed by atoms with Crippen molar-refractivity contribution in [1.82, 2.24) is 9.21 Å². The van der Waals surface area contributed by atoms with Crippen molar-refractivity contribution in [1.29, 1.82) is 0 Å². The van der Waals surface area contributed by atoms with Crippen LogP contribution in [-0.4, -0.2) is 50.2 Å². The molecular weight excluding hydrogens is 398 g/mol. The van der Waals surface area contributed by atoms with E-state index in [0.29, 0.717) is 12.1 Å². The number of benzene rings is 2. The second-order valence-corrected chi connectivity index (χ2v) is 9.99. The largest absolute Gasteiger partial charge is 0.369 e. The molecule has 0 radical (unpaired) electrons. The Morgan fingerprint density at radius 3 is 2.40 bits per heavy atom. The van der Waals surface area contributed by atoms with Crippen molar-refractivity contribution < 1.29 is 13.2 Å². The van der Waals surface area contributed by atoms with E-state index in [9.17, 15) is 13.2 Å². The van der Waals surface area contributed by atoms with Crippen molar-refractivity contribution in [3.63, 3.8) is 0 Å². The van der Waals surface area contributed by atoms with Crippen LogP contribution in [0.15, 0.2) is 59.1 Å². The Morgan fingerprint density at radius 1 is 0.900 bits per heavy atom. The number of amides is 1. The summed E-state index contributed by atoms with van der Waals surface area (Å²) in [5, 5.41) is 0. The molecule has 6 nitrogen and oxygen atoms in total. The van der Waals surface area contributed by atoms with Crippen molar-refractivity contribution in [2.75, 3.05) is 31.6 Å². The highest BCUT2D eigenvalue weighted by atomic mass is 32.2. The summed E-state index contributed by atoms with van der Waals surface area (Å²) in [5.41, 5.74) is 3.64. The van der Waals surface area contributed by atoms with Gasteiger partial charge in [0, 0.05) is 37.9 Å². The molecule has 2 aromatic rings. The van der Waals surface area contributed by atoms with Gasteiger partial charge in [0.05, 0.1) is 10.6 Å². The van der Waals surface area contributed by atoms with Crippen LogP contribution in [0.25, 0.3) is 5.70 Å². The molecule has 2 aromatic carbocycles. The third kappa shape index (κ3) is 2.83. The number of likely N-dealkylation sites (tertiary alicyclic amines) is 1. The monoisotopic (exact) mass is 423 g/mol. The second kappa shape index (κ2) is 7.16. The highest BCUT2D eigenvalue weighted by molar-refractivity contribution is 7.89. The number of carbonyl (C=O) groups excluding carboxylic acids is 1. The third-order valence-corrected chi connectivity index (χ3v) is 8.12. The summed E-state index contributed by atoms with van der Waals surface area (Å²) in [5.74, 6) is -0.246. The topological polar surface area (TPSA) is 60.9 Å². The van der Waals surface area contributed by atoms with Crippen LogP contribution in [0.2, 0.25) is 0 Å². The number of sulfonamides is 1. The molecular formula is C23H25N3O3S. The predicted octanol–water partition coefficient (Wildman–Crippen LogP) is 3.06. The minimum Gasteiger partial charge on any atom is -0.369 e. The summed E-state index contributed by atoms with van der Waals surface area (Å²) in [7, 11) is -2.29. The number of carbonyl (C=O) groups is 1. The van der Waals surface area contributed by atoms with Crippen molar-refractivity contribution in [2.45, 2.75) is 30.6 Å². The molecule has 0 aromatic heterocycles. The molecule has 1 fully saturated rings. The number of nitrogens with zero attached hydrogens (tertiary/aromatic N) is 3. The molecule has 3 aliphatic rings. The van der Waals surface area contributed by atoms with Crippen LogP contribution in [0, 0.1) is 0 Å². The zero-order chi connectivity index (χ0) is 20.9. The van der Waals surface area contributed by atoms with Crippen molar-refractivity contribution >= 4 is 27.3 Å². The van der Waals surface area contributed by atoms with Crippen LogP contribution in [-0.2, 0) is 21.2 Å². The Bertz CT molecular complexity index is 1150. The van der Waals surface area contributed by atoms with Gasteiger partial charge >= 0.3 is 0 Å². The minimum atomic E-state index is -3.79. The van der Waals surface area contributed by atoms with Gasteiger partial charge < -0.3 is 9.80 Å². The molecule has 0 saturated carbocycles. The zero-order valence-electron chi connectivity index (χ0n) is 17.0. The van der Waals surface area contributed by atoms with E-state index >= 15 is 0 Å². The van der Waals surface area contributed by atoms with Gasteiger partial charge in [-0.3, -0.25) is 9.10 Å². The quantitative estimate of drug-likeness (QED) is 0.745. The number of anilines is 1. The Morgan fingerprint density at radius 2 is 1.60 bits per heavy atom. The van der Waals surface area contributed by atoms with Gasteiger partial charge in [0.2, 0.25) is 0 Å². The Hall–Kier alpha value is -2.80. The molecule has 0 N–H and O–H groups in total. The fraction of sp³-hybridized carbons (Fsp3) is 0.348. The summed E-state index contributed by atoms with van der Waals surface area (Å²) in [4.78, 5) is 18.1. The zero-order valence-corrected chi connectivity index (χ0v) is 17.9. The molecule has 0 unspecified atom stereocenters. The smallest absolute Gasteiger partial charge is 0.277 e. The van der Waals surface area contributed by atoms with Gasteiger partial charge in [-0.25, -0.2) is 8.42 Å². The highest BCUT2D eigenvalue weighted by Gasteiger charge is 2.42. The van der Waals surface area contributed by atoms with Crippen LogP contribution in [0.1, 0.15) is 30.4 Å². The standard InChI is InChI=1S/C23H25N3O3S/c1-24-22(23(27)26-16-8-10-17-9-2-4-12-19(17)26)21(25-14-6-7-15-25)18-11-3-5-13-20(18)30(24,28)29/h2-5,9,11-13H,6-8,10,14-16H2,1H3. The first-order valence-electron chi connectivity index (χ1n) is 10.5. The lowest BCUT2D eigenvalue weighted by Crippen LogP contribution is -2.45. The van der Waals surface area contributed by atoms with E-state index in [2.05, 4.69) is 4.90 Å². The maximum atomic E-state index is 13.9. The van der Waals surface area contributed by atoms with Crippen molar-refractivity contribution in [3.8, 4) is 0 Å². The fourth-order valence-corrected chi connectivity index (χ4v) is 6.19. The van der Waals surface area contributed by atoms with E-state index in [4.69, 9.17) is 0 Å². The molecule has 0 atom stereocenters. The second-order valence-electron chi connectivity index (χ2n) is 8.05. The van der Waals surface area contributed by atoms with Gasteiger partial charge in [0.1, 0.15) is 5.70 Å². The van der Waals surface area contributed by atoms with Crippen LogP contribution < -0.4 is 4.90 Å². The van der Waals surface area contributed by atoms with Crippen LogP contribution >= 0.6 is 0 Å². The molecule has 3 aliphatic heterocycles. The molecule has 0 spiro atoms. The van der Waals surface area contributed by atoms with Crippen molar-refractivity contribution in [2.24, 2.45) is 0 Å². The first-order valence-corrected chi connectivity index (χ1v) is 11.9. The maximum absolute atomic E-state index is 13.9. The fourth-order valence-electron chi connectivity index (χ4n) is 4.80. The van der Waals surface area contributed by atoms with E-state index in [1.165, 1.54) is 11.4 Å². The Labute approximate surface area is 177 Å². The van der Waals surface area contributed by atoms with Crippen molar-refractivity contribution in [3.05, 3.63) is 65.4 Å². The van der Waals surface area contributed by atoms with E-state index in [0.717, 1.165) is 55.7 Å². The molecule has 0 bridgehead atoms. The van der Waals surface area contributed by atoms with Gasteiger partial charge in [-0.05, 0) is 43.4 Å². The molecule has 30 heavy (non-hydrogen) atoms. The number of para-hydroxylation sites is 1. The van der Waals surface area contributed by atoms with Gasteiger partial charge in [-0.2, -0.15) is 0 Å². The molecule has 5 rings (SSSR count). The number of aryl methyl sites for hydroxylation is 1. The molecule has 1 amide bonds. The predicted molar refractivity (Wildman–Crippen MR) is 116 cm³/mol. The summed E-state index contributed by atoms with van der Waals surface area (Å²) in [6, 6.07) is 14.9. The molecule has 3 heterocycles. The summed E-state index contributed by atoms with van der Waals surface area (Å²) in [6.45, 7) is 2.23. The number of hydrogen-bond donors (Lipinski definition) is 0. The van der Waals surface area contributed by atoms with E-state index in [-0.39, 0.29) is 16.5 Å². The molecule has 1 saturated heterocycles. The highest BCUT2D eigenvalue weighted by Crippen LogP contribution is 2.40. The van der Waals surface area contributed by atoms with E-state index < -0.39 is 10.0 Å². The SMILES string of the molecule is CN1C(C(=O)N2CCCc3ccccc32)=C(N2CCCC2)c2ccccc2S1(=O)=O. The van der Waals surface area contributed by atoms with E-state index in [1.54, 1.807) is 17.0 Å². The Kier molecular flexibility index (Phi) is 4.58. The number of fused-ring (bicyclic) bond motifs is 2. The van der Waals surface area contributed by atoms with Gasteiger partial charge in [-0.1, -0.05) is 36.4 Å². The van der Waals surface area contributed by atoms with Crippen LogP contribution in [0.3, 0.4) is 0 Å². The third-order valence-electron chi connectivity index (χ3n) is 6.30. The van der Waals surface area contributed by atoms with Crippen LogP contribution in [0.4, 0.5) is 5.69 Å². The number of hydrogen-bond acceptors (Lipinski definition) is 4. The lowest BCUT2D eigenvalue weighted by atomic mass is 10.0. The Balaban J connectivity index is 1.72. The lowest BCUT2D eigenvalue weighted by molar-refractivity contribution is -0.116. The number of likely N-dealkylation sites (N-methyl/N-ethyl adjacent to an activating group) is 1.